The van der Waals surface area contributed by atoms with Crippen LogP contribution in [-0.2, 0) is 19.9 Å². The second-order valence-electron chi connectivity index (χ2n) is 3.45. The molecule has 0 amide bonds. The normalized spacial score (nSPS) is 10.5. The van der Waals surface area contributed by atoms with Gasteiger partial charge in [-0.1, -0.05) is 0 Å². The maximum absolute atomic E-state index is 4.33. The molecule has 2 rings (SSSR count). The molecule has 0 aliphatic rings. The van der Waals surface area contributed by atoms with Crippen molar-refractivity contribution in [2.45, 2.75) is 12.8 Å². The van der Waals surface area contributed by atoms with Crippen molar-refractivity contribution in [3.8, 4) is 0 Å². The van der Waals surface area contributed by atoms with Crippen LogP contribution in [0.1, 0.15) is 11.3 Å². The Morgan fingerprint density at radius 3 is 2.60 bits per heavy atom. The lowest BCUT2D eigenvalue weighted by Crippen LogP contribution is -1.93. The molecule has 0 atom stereocenters. The van der Waals surface area contributed by atoms with E-state index in [1.165, 1.54) is 5.56 Å². The summed E-state index contributed by atoms with van der Waals surface area (Å²) in [7, 11) is 1.98. The summed E-state index contributed by atoms with van der Waals surface area (Å²) in [5.41, 5.74) is 2.40. The molecule has 0 aromatic carbocycles. The molecule has 0 aliphatic carbocycles. The SMILES string of the molecule is Cn1cnc(CCc2ccncc2)c1Br. The topological polar surface area (TPSA) is 30.7 Å². The molecule has 78 valence electrons. The molecule has 2 heterocycles. The number of imidazole rings is 1. The largest absolute Gasteiger partial charge is 0.328 e. The first kappa shape index (κ1) is 10.4. The minimum absolute atomic E-state index is 0.950. The molecule has 15 heavy (non-hydrogen) atoms. The van der Waals surface area contributed by atoms with Crippen LogP contribution >= 0.6 is 15.9 Å². The van der Waals surface area contributed by atoms with E-state index in [1.54, 1.807) is 0 Å². The molecule has 0 fully saturated rings. The van der Waals surface area contributed by atoms with Gasteiger partial charge in [-0.25, -0.2) is 4.98 Å². The summed E-state index contributed by atoms with van der Waals surface area (Å²) in [5.74, 6) is 0. The summed E-state index contributed by atoms with van der Waals surface area (Å²) in [6.07, 6.45) is 7.42. The van der Waals surface area contributed by atoms with Crippen molar-refractivity contribution >= 4 is 15.9 Å². The van der Waals surface area contributed by atoms with Crippen molar-refractivity contribution in [3.05, 3.63) is 46.7 Å². The van der Waals surface area contributed by atoms with Crippen LogP contribution in [0.2, 0.25) is 0 Å². The molecule has 2 aromatic rings. The van der Waals surface area contributed by atoms with Crippen LogP contribution in [0.25, 0.3) is 0 Å². The lowest BCUT2D eigenvalue weighted by molar-refractivity contribution is 0.876. The summed E-state index contributed by atoms with van der Waals surface area (Å²) in [6, 6.07) is 4.08. The van der Waals surface area contributed by atoms with Gasteiger partial charge in [0.2, 0.25) is 0 Å². The van der Waals surface area contributed by atoms with Crippen LogP contribution in [-0.4, -0.2) is 14.5 Å². The van der Waals surface area contributed by atoms with Crippen LogP contribution in [0, 0.1) is 0 Å². The Hall–Kier alpha value is -1.16. The molecule has 2 aromatic heterocycles. The van der Waals surface area contributed by atoms with Gasteiger partial charge in [0.25, 0.3) is 0 Å². The maximum Gasteiger partial charge on any atom is 0.107 e. The Balaban J connectivity index is 2.02. The first-order valence-corrected chi connectivity index (χ1v) is 5.61. The Labute approximate surface area is 97.3 Å². The van der Waals surface area contributed by atoms with E-state index < -0.39 is 0 Å². The molecule has 0 bridgehead atoms. The van der Waals surface area contributed by atoms with Crippen molar-refractivity contribution in [2.24, 2.45) is 7.05 Å². The Morgan fingerprint density at radius 2 is 2.00 bits per heavy atom. The van der Waals surface area contributed by atoms with E-state index in [0.717, 1.165) is 23.1 Å². The van der Waals surface area contributed by atoms with Crippen molar-refractivity contribution < 1.29 is 0 Å². The third kappa shape index (κ3) is 2.45. The predicted molar refractivity (Wildman–Crippen MR) is 62.6 cm³/mol. The van der Waals surface area contributed by atoms with Gasteiger partial charge in [-0.15, -0.1) is 0 Å². The van der Waals surface area contributed by atoms with Gasteiger partial charge in [0.15, 0.2) is 0 Å². The standard InChI is InChI=1S/C11H12BrN3/c1-15-8-14-10(11(15)12)3-2-9-4-6-13-7-5-9/h4-8H,2-3H2,1H3. The van der Waals surface area contributed by atoms with E-state index in [9.17, 15) is 0 Å². The second-order valence-corrected chi connectivity index (χ2v) is 4.20. The van der Waals surface area contributed by atoms with Gasteiger partial charge in [-0.05, 0) is 46.5 Å². The molecular weight excluding hydrogens is 254 g/mol. The summed E-state index contributed by atoms with van der Waals surface area (Å²) >= 11 is 3.51. The molecule has 0 unspecified atom stereocenters. The first-order valence-electron chi connectivity index (χ1n) is 4.82. The molecule has 3 nitrogen and oxygen atoms in total. The number of pyridine rings is 1. The van der Waals surface area contributed by atoms with Crippen LogP contribution in [0.4, 0.5) is 0 Å². The zero-order chi connectivity index (χ0) is 10.7. The van der Waals surface area contributed by atoms with E-state index in [0.29, 0.717) is 0 Å². The van der Waals surface area contributed by atoms with Crippen LogP contribution in [0.15, 0.2) is 35.5 Å². The lowest BCUT2D eigenvalue weighted by atomic mass is 10.1. The highest BCUT2D eigenvalue weighted by Crippen LogP contribution is 2.16. The lowest BCUT2D eigenvalue weighted by Gasteiger charge is -1.99. The van der Waals surface area contributed by atoms with E-state index >= 15 is 0 Å². The van der Waals surface area contributed by atoms with E-state index in [4.69, 9.17) is 0 Å². The smallest absolute Gasteiger partial charge is 0.107 e. The van der Waals surface area contributed by atoms with Gasteiger partial charge in [-0.2, -0.15) is 0 Å². The Kier molecular flexibility index (Phi) is 3.16. The molecule has 4 heteroatoms. The van der Waals surface area contributed by atoms with E-state index in [2.05, 4.69) is 25.9 Å². The van der Waals surface area contributed by atoms with E-state index in [1.807, 2.05) is 42.5 Å². The van der Waals surface area contributed by atoms with Gasteiger partial charge >= 0.3 is 0 Å². The third-order valence-corrected chi connectivity index (χ3v) is 3.35. The van der Waals surface area contributed by atoms with Crippen molar-refractivity contribution in [3.63, 3.8) is 0 Å². The molecule has 0 N–H and O–H groups in total. The fourth-order valence-electron chi connectivity index (χ4n) is 1.44. The van der Waals surface area contributed by atoms with Gasteiger partial charge in [0.05, 0.1) is 12.0 Å². The summed E-state index contributed by atoms with van der Waals surface area (Å²) < 4.78 is 3.04. The van der Waals surface area contributed by atoms with Gasteiger partial charge in [-0.3, -0.25) is 4.98 Å². The number of rotatable bonds is 3. The van der Waals surface area contributed by atoms with E-state index in [-0.39, 0.29) is 0 Å². The zero-order valence-electron chi connectivity index (χ0n) is 8.52. The highest BCUT2D eigenvalue weighted by molar-refractivity contribution is 9.10. The van der Waals surface area contributed by atoms with Crippen LogP contribution in [0.3, 0.4) is 0 Å². The number of aryl methyl sites for hydroxylation is 3. The number of nitrogens with zero attached hydrogens (tertiary/aromatic N) is 3. The van der Waals surface area contributed by atoms with Gasteiger partial charge in [0.1, 0.15) is 4.60 Å². The molecule has 0 aliphatic heterocycles. The number of hydrogen-bond donors (Lipinski definition) is 0. The highest BCUT2D eigenvalue weighted by Gasteiger charge is 2.05. The van der Waals surface area contributed by atoms with Crippen molar-refractivity contribution in [2.75, 3.05) is 0 Å². The molecule has 0 radical (unpaired) electrons. The number of hydrogen-bond acceptors (Lipinski definition) is 2. The van der Waals surface area contributed by atoms with Gasteiger partial charge in [0, 0.05) is 19.4 Å². The fourth-order valence-corrected chi connectivity index (χ4v) is 1.84. The van der Waals surface area contributed by atoms with Crippen LogP contribution in [0.5, 0.6) is 0 Å². The number of halogens is 1. The fraction of sp³-hybridized carbons (Fsp3) is 0.273. The summed E-state index contributed by atoms with van der Waals surface area (Å²) in [5, 5.41) is 0. The quantitative estimate of drug-likeness (QED) is 0.853. The average molecular weight is 266 g/mol. The second kappa shape index (κ2) is 4.57. The summed E-state index contributed by atoms with van der Waals surface area (Å²) in [6.45, 7) is 0. The minimum atomic E-state index is 0.950. The molecular formula is C11H12BrN3. The molecule has 0 saturated heterocycles. The Morgan fingerprint density at radius 1 is 1.27 bits per heavy atom. The third-order valence-electron chi connectivity index (χ3n) is 2.33. The zero-order valence-corrected chi connectivity index (χ0v) is 10.1. The monoisotopic (exact) mass is 265 g/mol. The van der Waals surface area contributed by atoms with Crippen molar-refractivity contribution in [1.82, 2.24) is 14.5 Å². The first-order chi connectivity index (χ1) is 7.27. The average Bonchev–Trinajstić information content (AvgIpc) is 2.59. The van der Waals surface area contributed by atoms with Gasteiger partial charge < -0.3 is 4.57 Å². The predicted octanol–water partition coefficient (Wildman–Crippen LogP) is 2.36. The summed E-state index contributed by atoms with van der Waals surface area (Å²) in [4.78, 5) is 8.32. The molecule has 0 spiro atoms. The highest BCUT2D eigenvalue weighted by atomic mass is 79.9. The van der Waals surface area contributed by atoms with Crippen LogP contribution < -0.4 is 0 Å². The van der Waals surface area contributed by atoms with Crippen molar-refractivity contribution in [1.29, 1.82) is 0 Å². The minimum Gasteiger partial charge on any atom is -0.328 e. The number of aromatic nitrogens is 3. The molecule has 0 saturated carbocycles. The maximum atomic E-state index is 4.33. The Bertz CT molecular complexity index is 436.